The molecule has 0 unspecified atom stereocenters. The van der Waals surface area contributed by atoms with Gasteiger partial charge in [0.05, 0.1) is 32.9 Å². The molecular weight excluding hydrogens is 602 g/mol. The van der Waals surface area contributed by atoms with Crippen molar-refractivity contribution in [2.45, 2.75) is 26.5 Å². The number of carbonyl (C=O) groups excluding carboxylic acids is 1. The van der Waals surface area contributed by atoms with Gasteiger partial charge in [0.15, 0.2) is 4.80 Å². The fourth-order valence-corrected chi connectivity index (χ4v) is 6.23. The van der Waals surface area contributed by atoms with Gasteiger partial charge in [0.1, 0.15) is 12.4 Å². The van der Waals surface area contributed by atoms with Crippen molar-refractivity contribution in [1.82, 2.24) is 4.57 Å². The quantitative estimate of drug-likeness (QED) is 0.250. The molecule has 0 fully saturated rings. The van der Waals surface area contributed by atoms with Gasteiger partial charge in [-0.25, -0.2) is 9.79 Å². The molecule has 9 heteroatoms. The van der Waals surface area contributed by atoms with Crippen LogP contribution in [-0.4, -0.2) is 31.2 Å². The van der Waals surface area contributed by atoms with E-state index in [9.17, 15) is 9.59 Å². The maximum Gasteiger partial charge on any atom is 0.338 e. The zero-order valence-corrected chi connectivity index (χ0v) is 25.7. The van der Waals surface area contributed by atoms with Crippen LogP contribution in [-0.2, 0) is 16.1 Å². The van der Waals surface area contributed by atoms with Crippen molar-refractivity contribution in [1.29, 1.82) is 0 Å². The lowest BCUT2D eigenvalue weighted by molar-refractivity contribution is -0.139. The molecule has 0 saturated carbocycles. The van der Waals surface area contributed by atoms with Crippen LogP contribution in [0.4, 0.5) is 5.69 Å². The predicted octanol–water partition coefficient (Wildman–Crippen LogP) is 5.21. The summed E-state index contributed by atoms with van der Waals surface area (Å²) in [4.78, 5) is 34.2. The number of hydrogen-bond acceptors (Lipinski definition) is 7. The Hall–Kier alpha value is -3.95. The molecule has 4 aromatic rings. The van der Waals surface area contributed by atoms with E-state index >= 15 is 0 Å². The minimum Gasteiger partial charge on any atom is -0.488 e. The fourth-order valence-electron chi connectivity index (χ4n) is 4.67. The Morgan fingerprint density at radius 2 is 1.83 bits per heavy atom. The van der Waals surface area contributed by atoms with Gasteiger partial charge in [-0.05, 0) is 76.8 Å². The standard InChI is InChI=1S/C32H30BrN3O4S/c1-5-39-31(38)28-20(2)34-32-36(29(28)23-12-14-24(15-13-23)35(3)4)30(37)27(41-32)18-22-11-16-26(25(33)17-22)40-19-21-9-7-6-8-10-21/h6-18,29H,5,19H2,1-4H3/b27-18-/t29-/m1/s1. The third kappa shape index (κ3) is 6.06. The third-order valence-corrected chi connectivity index (χ3v) is 8.34. The van der Waals surface area contributed by atoms with Gasteiger partial charge < -0.3 is 14.4 Å². The van der Waals surface area contributed by atoms with Gasteiger partial charge in [0.25, 0.3) is 5.56 Å². The summed E-state index contributed by atoms with van der Waals surface area (Å²) in [5, 5.41) is 0. The second-order valence-corrected chi connectivity index (χ2v) is 11.6. The average molecular weight is 633 g/mol. The molecule has 0 spiro atoms. The Balaban J connectivity index is 1.54. The molecule has 41 heavy (non-hydrogen) atoms. The van der Waals surface area contributed by atoms with E-state index in [2.05, 4.69) is 20.9 Å². The number of nitrogens with zero attached hydrogens (tertiary/aromatic N) is 3. The smallest absolute Gasteiger partial charge is 0.338 e. The number of hydrogen-bond donors (Lipinski definition) is 0. The van der Waals surface area contributed by atoms with Crippen LogP contribution in [0, 0.1) is 0 Å². The summed E-state index contributed by atoms with van der Waals surface area (Å²) >= 11 is 4.91. The number of halogens is 1. The molecule has 1 atom stereocenters. The molecule has 3 aromatic carbocycles. The predicted molar refractivity (Wildman–Crippen MR) is 166 cm³/mol. The second kappa shape index (κ2) is 12.3. The summed E-state index contributed by atoms with van der Waals surface area (Å²) in [5.41, 5.74) is 4.43. The number of fused-ring (bicyclic) bond motifs is 1. The summed E-state index contributed by atoms with van der Waals surface area (Å²) in [7, 11) is 3.93. The average Bonchev–Trinajstić information content (AvgIpc) is 3.26. The Labute approximate surface area is 250 Å². The molecule has 7 nitrogen and oxygen atoms in total. The number of thiazole rings is 1. The second-order valence-electron chi connectivity index (χ2n) is 9.75. The van der Waals surface area contributed by atoms with Crippen LogP contribution in [0.2, 0.25) is 0 Å². The highest BCUT2D eigenvalue weighted by Gasteiger charge is 2.33. The van der Waals surface area contributed by atoms with Crippen molar-refractivity contribution in [3.63, 3.8) is 0 Å². The number of esters is 1. The lowest BCUT2D eigenvalue weighted by atomic mass is 9.95. The molecule has 0 radical (unpaired) electrons. The number of allylic oxidation sites excluding steroid dienone is 1. The van der Waals surface area contributed by atoms with Crippen molar-refractivity contribution >= 4 is 45.0 Å². The summed E-state index contributed by atoms with van der Waals surface area (Å²) in [6.07, 6.45) is 1.84. The van der Waals surface area contributed by atoms with E-state index in [1.807, 2.05) is 97.9 Å². The largest absolute Gasteiger partial charge is 0.488 e. The Morgan fingerprint density at radius 1 is 1.10 bits per heavy atom. The molecule has 0 saturated heterocycles. The first-order valence-electron chi connectivity index (χ1n) is 13.2. The van der Waals surface area contributed by atoms with E-state index in [0.717, 1.165) is 26.9 Å². The normalized spacial score (nSPS) is 14.9. The van der Waals surface area contributed by atoms with Gasteiger partial charge in [-0.1, -0.05) is 59.9 Å². The van der Waals surface area contributed by atoms with E-state index in [0.29, 0.717) is 33.0 Å². The van der Waals surface area contributed by atoms with E-state index in [1.165, 1.54) is 11.3 Å². The van der Waals surface area contributed by atoms with Crippen molar-refractivity contribution in [3.05, 3.63) is 125 Å². The van der Waals surface area contributed by atoms with Crippen LogP contribution in [0.3, 0.4) is 0 Å². The maximum absolute atomic E-state index is 13.9. The maximum atomic E-state index is 13.9. The first kappa shape index (κ1) is 28.6. The van der Waals surface area contributed by atoms with E-state index in [1.54, 1.807) is 18.4 Å². The van der Waals surface area contributed by atoms with E-state index in [-0.39, 0.29) is 12.2 Å². The summed E-state index contributed by atoms with van der Waals surface area (Å²) in [5.74, 6) is 0.239. The van der Waals surface area contributed by atoms with Crippen molar-refractivity contribution < 1.29 is 14.3 Å². The molecule has 0 N–H and O–H groups in total. The molecule has 1 aliphatic rings. The van der Waals surface area contributed by atoms with Gasteiger partial charge >= 0.3 is 5.97 Å². The molecule has 0 aliphatic carbocycles. The molecule has 0 bridgehead atoms. The van der Waals surface area contributed by atoms with Gasteiger partial charge in [-0.3, -0.25) is 9.36 Å². The van der Waals surface area contributed by atoms with Crippen molar-refractivity contribution in [3.8, 4) is 5.75 Å². The topological polar surface area (TPSA) is 73.1 Å². The molecule has 1 aliphatic heterocycles. The van der Waals surface area contributed by atoms with Gasteiger partial charge in [0, 0.05) is 19.8 Å². The molecule has 2 heterocycles. The zero-order chi connectivity index (χ0) is 29.1. The number of aromatic nitrogens is 1. The number of anilines is 1. The first-order valence-corrected chi connectivity index (χ1v) is 14.8. The summed E-state index contributed by atoms with van der Waals surface area (Å²) < 4.78 is 14.3. The van der Waals surface area contributed by atoms with Crippen LogP contribution in [0.5, 0.6) is 5.75 Å². The van der Waals surface area contributed by atoms with Crippen LogP contribution >= 0.6 is 27.3 Å². The molecule has 0 amide bonds. The van der Waals surface area contributed by atoms with Crippen LogP contribution in [0.1, 0.15) is 36.6 Å². The highest BCUT2D eigenvalue weighted by molar-refractivity contribution is 9.10. The minimum absolute atomic E-state index is 0.217. The van der Waals surface area contributed by atoms with Crippen LogP contribution in [0.25, 0.3) is 6.08 Å². The minimum atomic E-state index is -0.649. The Morgan fingerprint density at radius 3 is 2.49 bits per heavy atom. The highest BCUT2D eigenvalue weighted by atomic mass is 79.9. The monoisotopic (exact) mass is 631 g/mol. The summed E-state index contributed by atoms with van der Waals surface area (Å²) in [6, 6.07) is 22.9. The number of rotatable bonds is 8. The fraction of sp³-hybridized carbons (Fsp3) is 0.219. The molecule has 5 rings (SSSR count). The lowest BCUT2D eigenvalue weighted by Gasteiger charge is -2.25. The van der Waals surface area contributed by atoms with Gasteiger partial charge in [0.2, 0.25) is 0 Å². The zero-order valence-electron chi connectivity index (χ0n) is 23.3. The van der Waals surface area contributed by atoms with Crippen LogP contribution in [0.15, 0.2) is 98.3 Å². The van der Waals surface area contributed by atoms with Gasteiger partial charge in [-0.15, -0.1) is 0 Å². The van der Waals surface area contributed by atoms with Gasteiger partial charge in [-0.2, -0.15) is 0 Å². The van der Waals surface area contributed by atoms with Crippen LogP contribution < -0.4 is 24.5 Å². The Kier molecular flexibility index (Phi) is 8.56. The third-order valence-electron chi connectivity index (χ3n) is 6.73. The van der Waals surface area contributed by atoms with E-state index < -0.39 is 12.0 Å². The molecule has 210 valence electrons. The number of benzene rings is 3. The van der Waals surface area contributed by atoms with E-state index in [4.69, 9.17) is 9.47 Å². The van der Waals surface area contributed by atoms with Crippen molar-refractivity contribution in [2.24, 2.45) is 4.99 Å². The lowest BCUT2D eigenvalue weighted by Crippen LogP contribution is -2.39. The SMILES string of the molecule is CCOC(=O)C1=C(C)N=c2s/c(=C\c3ccc(OCc4ccccc4)c(Br)c3)c(=O)n2[C@@H]1c1ccc(N(C)C)cc1. The summed E-state index contributed by atoms with van der Waals surface area (Å²) in [6.45, 7) is 4.23. The molecular formula is C32H30BrN3O4S. The Bertz CT molecular complexity index is 1790. The first-order chi connectivity index (χ1) is 19.8. The molecule has 1 aromatic heterocycles. The number of ether oxygens (including phenoxy) is 2. The highest BCUT2D eigenvalue weighted by Crippen LogP contribution is 2.32. The number of carbonyl (C=O) groups is 1. The van der Waals surface area contributed by atoms with Crippen molar-refractivity contribution in [2.75, 3.05) is 25.6 Å².